The lowest BCUT2D eigenvalue weighted by atomic mass is 9.92. The van der Waals surface area contributed by atoms with Crippen molar-refractivity contribution in [1.29, 1.82) is 0 Å². The topological polar surface area (TPSA) is 69.6 Å². The van der Waals surface area contributed by atoms with Gasteiger partial charge < -0.3 is 15.3 Å². The van der Waals surface area contributed by atoms with Gasteiger partial charge in [0.15, 0.2) is 0 Å². The van der Waals surface area contributed by atoms with Gasteiger partial charge in [0, 0.05) is 24.6 Å². The number of carbonyl (C=O) groups excluding carboxylic acids is 2. The molecule has 0 unspecified atom stereocenters. The molecule has 1 atom stereocenters. The molecule has 0 saturated heterocycles. The van der Waals surface area contributed by atoms with Crippen molar-refractivity contribution in [2.75, 3.05) is 5.32 Å². The van der Waals surface area contributed by atoms with Crippen molar-refractivity contribution in [2.45, 2.75) is 53.6 Å². The number of nitrogens with one attached hydrogen (secondary N) is 1. The Kier molecular flexibility index (Phi) is 5.45. The summed E-state index contributed by atoms with van der Waals surface area (Å²) in [6.45, 7) is 9.67. The van der Waals surface area contributed by atoms with E-state index < -0.39 is 6.04 Å². The van der Waals surface area contributed by atoms with Crippen molar-refractivity contribution in [1.82, 2.24) is 4.90 Å². The molecule has 0 aliphatic carbocycles. The monoisotopic (exact) mass is 380 g/mol. The summed E-state index contributed by atoms with van der Waals surface area (Å²) in [5, 5.41) is 13.1. The highest BCUT2D eigenvalue weighted by Crippen LogP contribution is 2.31. The van der Waals surface area contributed by atoms with E-state index in [4.69, 9.17) is 0 Å². The highest BCUT2D eigenvalue weighted by Gasteiger charge is 2.35. The van der Waals surface area contributed by atoms with E-state index in [-0.39, 0.29) is 23.5 Å². The normalized spacial score (nSPS) is 16.1. The van der Waals surface area contributed by atoms with Crippen LogP contribution in [0.5, 0.6) is 5.75 Å². The fourth-order valence-corrected chi connectivity index (χ4v) is 3.73. The molecule has 0 aromatic heterocycles. The van der Waals surface area contributed by atoms with E-state index in [1.807, 2.05) is 58.9 Å². The van der Waals surface area contributed by atoms with Gasteiger partial charge in [0.05, 0.1) is 0 Å². The van der Waals surface area contributed by atoms with Crippen LogP contribution in [0.4, 0.5) is 5.69 Å². The highest BCUT2D eigenvalue weighted by molar-refractivity contribution is 5.98. The summed E-state index contributed by atoms with van der Waals surface area (Å²) in [6, 6.07) is 9.18. The predicted molar refractivity (Wildman–Crippen MR) is 110 cm³/mol. The summed E-state index contributed by atoms with van der Waals surface area (Å²) in [4.78, 5) is 27.7. The second kappa shape index (κ2) is 7.66. The first kappa shape index (κ1) is 19.9. The summed E-state index contributed by atoms with van der Waals surface area (Å²) in [7, 11) is 0. The Bertz CT molecular complexity index is 934. The van der Waals surface area contributed by atoms with Crippen molar-refractivity contribution in [3.05, 3.63) is 58.1 Å². The third-order valence-corrected chi connectivity index (χ3v) is 5.64. The second-order valence-corrected chi connectivity index (χ2v) is 7.94. The number of hydrogen-bond acceptors (Lipinski definition) is 3. The maximum absolute atomic E-state index is 13.2. The first-order valence-corrected chi connectivity index (χ1v) is 9.68. The molecule has 0 fully saturated rings. The number of aromatic hydroxyl groups is 1. The molecule has 1 heterocycles. The summed E-state index contributed by atoms with van der Waals surface area (Å²) >= 11 is 0. The van der Waals surface area contributed by atoms with Crippen LogP contribution < -0.4 is 5.32 Å². The van der Waals surface area contributed by atoms with E-state index in [2.05, 4.69) is 5.32 Å². The zero-order valence-electron chi connectivity index (χ0n) is 17.2. The minimum atomic E-state index is -0.557. The lowest BCUT2D eigenvalue weighted by Gasteiger charge is -2.37. The fraction of sp³-hybridized carbons (Fsp3) is 0.391. The van der Waals surface area contributed by atoms with Crippen molar-refractivity contribution < 1.29 is 14.7 Å². The number of aryl methyl sites for hydroxylation is 1. The van der Waals surface area contributed by atoms with Crippen LogP contribution in [0.1, 0.15) is 41.7 Å². The van der Waals surface area contributed by atoms with Crippen molar-refractivity contribution in [2.24, 2.45) is 5.92 Å². The second-order valence-electron chi connectivity index (χ2n) is 7.94. The molecule has 28 heavy (non-hydrogen) atoms. The Balaban J connectivity index is 1.93. The van der Waals surface area contributed by atoms with E-state index >= 15 is 0 Å². The van der Waals surface area contributed by atoms with E-state index in [1.54, 1.807) is 11.0 Å². The largest absolute Gasteiger partial charge is 0.507 e. The smallest absolute Gasteiger partial charge is 0.247 e. The van der Waals surface area contributed by atoms with Gasteiger partial charge in [0.1, 0.15) is 11.8 Å². The SMILES string of the molecule is Cc1cc(NC(=O)[C@@H]2Cc3ccccc3CN2C(=O)C(C)C)c(C)c(C)c1O. The number of phenolic OH excluding ortho intramolecular Hbond substituents is 1. The predicted octanol–water partition coefficient (Wildman–Crippen LogP) is 3.87. The van der Waals surface area contributed by atoms with Crippen LogP contribution in [-0.4, -0.2) is 27.9 Å². The number of rotatable bonds is 3. The van der Waals surface area contributed by atoms with Crippen LogP contribution in [0.2, 0.25) is 0 Å². The molecule has 2 amide bonds. The van der Waals surface area contributed by atoms with Gasteiger partial charge in [-0.05, 0) is 54.7 Å². The van der Waals surface area contributed by atoms with E-state index in [0.717, 1.165) is 22.3 Å². The van der Waals surface area contributed by atoms with Crippen LogP contribution in [0.15, 0.2) is 30.3 Å². The van der Waals surface area contributed by atoms with Gasteiger partial charge in [0.2, 0.25) is 11.8 Å². The lowest BCUT2D eigenvalue weighted by Crippen LogP contribution is -2.51. The van der Waals surface area contributed by atoms with Gasteiger partial charge in [-0.2, -0.15) is 0 Å². The molecule has 148 valence electrons. The molecular weight excluding hydrogens is 352 g/mol. The maximum atomic E-state index is 13.2. The third-order valence-electron chi connectivity index (χ3n) is 5.64. The molecule has 0 bridgehead atoms. The van der Waals surface area contributed by atoms with Crippen LogP contribution in [0.3, 0.4) is 0 Å². The number of phenols is 1. The highest BCUT2D eigenvalue weighted by atomic mass is 16.3. The minimum Gasteiger partial charge on any atom is -0.507 e. The Labute approximate surface area is 166 Å². The van der Waals surface area contributed by atoms with Crippen LogP contribution in [0, 0.1) is 26.7 Å². The van der Waals surface area contributed by atoms with Crippen molar-refractivity contribution in [3.63, 3.8) is 0 Å². The Morgan fingerprint density at radius 1 is 1.11 bits per heavy atom. The van der Waals surface area contributed by atoms with E-state index in [1.165, 1.54) is 0 Å². The quantitative estimate of drug-likeness (QED) is 0.795. The first-order valence-electron chi connectivity index (χ1n) is 9.68. The lowest BCUT2D eigenvalue weighted by molar-refractivity contribution is -0.142. The zero-order valence-corrected chi connectivity index (χ0v) is 17.2. The molecule has 5 nitrogen and oxygen atoms in total. The Morgan fingerprint density at radius 3 is 2.39 bits per heavy atom. The van der Waals surface area contributed by atoms with Gasteiger partial charge in [-0.3, -0.25) is 9.59 Å². The average molecular weight is 380 g/mol. The molecule has 5 heteroatoms. The number of carbonyl (C=O) groups is 2. The number of hydrogen-bond donors (Lipinski definition) is 2. The van der Waals surface area contributed by atoms with Crippen molar-refractivity contribution >= 4 is 17.5 Å². The fourth-order valence-electron chi connectivity index (χ4n) is 3.73. The Morgan fingerprint density at radius 2 is 1.75 bits per heavy atom. The van der Waals surface area contributed by atoms with Crippen LogP contribution in [0.25, 0.3) is 0 Å². The van der Waals surface area contributed by atoms with Crippen LogP contribution in [-0.2, 0) is 22.6 Å². The van der Waals surface area contributed by atoms with Crippen molar-refractivity contribution in [3.8, 4) is 5.75 Å². The van der Waals surface area contributed by atoms with Gasteiger partial charge in [0.25, 0.3) is 0 Å². The molecule has 2 aromatic rings. The number of anilines is 1. The standard InChI is InChI=1S/C23H28N2O3/c1-13(2)23(28)25-12-18-9-7-6-8-17(18)11-20(25)22(27)24-19-10-14(3)21(26)16(5)15(19)4/h6-10,13,20,26H,11-12H2,1-5H3,(H,24,27)/t20-/m0/s1. The zero-order chi connectivity index (χ0) is 20.6. The molecule has 0 saturated carbocycles. The Hall–Kier alpha value is -2.82. The average Bonchev–Trinajstić information content (AvgIpc) is 2.68. The molecule has 3 rings (SSSR count). The molecule has 2 N–H and O–H groups in total. The van der Waals surface area contributed by atoms with Gasteiger partial charge in [-0.15, -0.1) is 0 Å². The third kappa shape index (κ3) is 3.61. The molecule has 0 radical (unpaired) electrons. The molecule has 2 aromatic carbocycles. The molecule has 1 aliphatic rings. The summed E-state index contributed by atoms with van der Waals surface area (Å²) in [5.74, 6) is -0.153. The van der Waals surface area contributed by atoms with E-state index in [0.29, 0.717) is 24.2 Å². The van der Waals surface area contributed by atoms with Gasteiger partial charge in [-0.1, -0.05) is 38.1 Å². The molecule has 1 aliphatic heterocycles. The first-order chi connectivity index (χ1) is 13.2. The van der Waals surface area contributed by atoms with Crippen LogP contribution >= 0.6 is 0 Å². The minimum absolute atomic E-state index is 0.0237. The number of nitrogens with zero attached hydrogens (tertiary/aromatic N) is 1. The number of amides is 2. The number of fused-ring (bicyclic) bond motifs is 1. The van der Waals surface area contributed by atoms with Gasteiger partial charge >= 0.3 is 0 Å². The van der Waals surface area contributed by atoms with E-state index in [9.17, 15) is 14.7 Å². The summed E-state index contributed by atoms with van der Waals surface area (Å²) in [5.41, 5.74) is 5.16. The van der Waals surface area contributed by atoms with Gasteiger partial charge in [-0.25, -0.2) is 0 Å². The molecular formula is C23H28N2O3. The number of benzene rings is 2. The summed E-state index contributed by atoms with van der Waals surface area (Å²) < 4.78 is 0. The molecule has 0 spiro atoms. The maximum Gasteiger partial charge on any atom is 0.247 e. The summed E-state index contributed by atoms with van der Waals surface area (Å²) in [6.07, 6.45) is 0.496.